The number of rotatable bonds is 6. The number of amides is 1. The molecule has 2 nitrogen and oxygen atoms in total. The van der Waals surface area contributed by atoms with Gasteiger partial charge >= 0.3 is 0 Å². The highest BCUT2D eigenvalue weighted by Gasteiger charge is 2.19. The highest BCUT2D eigenvalue weighted by molar-refractivity contribution is 9.09. The molecule has 0 fully saturated rings. The maximum atomic E-state index is 12.2. The number of alkyl halides is 1. The number of carbonyl (C=O) groups is 1. The molecule has 0 atom stereocenters. The Labute approximate surface area is 125 Å². The standard InChI is InChI=1S/C16H24BrNO/c1-12-6-7-13(2)14(10-12)15(19)18-11-16(3,4)8-5-9-17/h6-7,10H,5,8-9,11H2,1-4H3,(H,18,19). The first kappa shape index (κ1) is 16.2. The van der Waals surface area contributed by atoms with E-state index < -0.39 is 0 Å². The second-order valence-electron chi connectivity index (χ2n) is 5.96. The number of carbonyl (C=O) groups excluding carboxylic acids is 1. The van der Waals surface area contributed by atoms with Crippen LogP contribution in [0.4, 0.5) is 0 Å². The van der Waals surface area contributed by atoms with Gasteiger partial charge in [0, 0.05) is 17.4 Å². The van der Waals surface area contributed by atoms with E-state index in [1.54, 1.807) is 0 Å². The lowest BCUT2D eigenvalue weighted by molar-refractivity contribution is 0.0934. The molecule has 106 valence electrons. The van der Waals surface area contributed by atoms with Gasteiger partial charge in [-0.3, -0.25) is 4.79 Å². The van der Waals surface area contributed by atoms with Gasteiger partial charge in [-0.2, -0.15) is 0 Å². The molecule has 1 aromatic carbocycles. The van der Waals surface area contributed by atoms with Gasteiger partial charge in [0.1, 0.15) is 0 Å². The molecule has 0 unspecified atom stereocenters. The molecule has 0 heterocycles. The molecule has 0 aromatic heterocycles. The van der Waals surface area contributed by atoms with E-state index in [4.69, 9.17) is 0 Å². The second kappa shape index (κ2) is 7.09. The minimum absolute atomic E-state index is 0.0353. The largest absolute Gasteiger partial charge is 0.351 e. The highest BCUT2D eigenvalue weighted by atomic mass is 79.9. The summed E-state index contributed by atoms with van der Waals surface area (Å²) in [6.45, 7) is 9.09. The molecular weight excluding hydrogens is 302 g/mol. The van der Waals surface area contributed by atoms with Crippen LogP contribution in [0.1, 0.15) is 48.2 Å². The third kappa shape index (κ3) is 5.35. The molecule has 3 heteroatoms. The number of halogens is 1. The number of aryl methyl sites for hydroxylation is 2. The lowest BCUT2D eigenvalue weighted by Crippen LogP contribution is -2.34. The first-order valence-corrected chi connectivity index (χ1v) is 7.89. The van der Waals surface area contributed by atoms with Crippen LogP contribution in [0, 0.1) is 19.3 Å². The van der Waals surface area contributed by atoms with E-state index in [-0.39, 0.29) is 11.3 Å². The molecular formula is C16H24BrNO. The third-order valence-electron chi connectivity index (χ3n) is 3.35. The molecule has 0 aliphatic heterocycles. The predicted molar refractivity (Wildman–Crippen MR) is 85.1 cm³/mol. The van der Waals surface area contributed by atoms with Crippen molar-refractivity contribution in [3.05, 3.63) is 34.9 Å². The van der Waals surface area contributed by atoms with Gasteiger partial charge in [-0.25, -0.2) is 0 Å². The van der Waals surface area contributed by atoms with E-state index in [9.17, 15) is 4.79 Å². The maximum Gasteiger partial charge on any atom is 0.251 e. The summed E-state index contributed by atoms with van der Waals surface area (Å²) in [4.78, 5) is 12.2. The molecule has 1 aromatic rings. The zero-order chi connectivity index (χ0) is 14.5. The van der Waals surface area contributed by atoms with Crippen molar-refractivity contribution in [3.8, 4) is 0 Å². The number of hydrogen-bond donors (Lipinski definition) is 1. The summed E-state index contributed by atoms with van der Waals surface area (Å²) in [5.41, 5.74) is 3.08. The van der Waals surface area contributed by atoms with Crippen molar-refractivity contribution in [2.75, 3.05) is 11.9 Å². The summed E-state index contributed by atoms with van der Waals surface area (Å²) >= 11 is 3.45. The predicted octanol–water partition coefficient (Wildman–Crippen LogP) is 4.23. The summed E-state index contributed by atoms with van der Waals surface area (Å²) in [6, 6.07) is 5.99. The van der Waals surface area contributed by atoms with Crippen LogP contribution in [-0.2, 0) is 0 Å². The average molecular weight is 326 g/mol. The summed E-state index contributed by atoms with van der Waals surface area (Å²) < 4.78 is 0. The van der Waals surface area contributed by atoms with E-state index in [0.717, 1.165) is 34.9 Å². The van der Waals surface area contributed by atoms with Crippen molar-refractivity contribution in [1.82, 2.24) is 5.32 Å². The molecule has 0 spiro atoms. The molecule has 0 radical (unpaired) electrons. The summed E-state index contributed by atoms with van der Waals surface area (Å²) in [6.07, 6.45) is 2.23. The normalized spacial score (nSPS) is 11.4. The van der Waals surface area contributed by atoms with Crippen LogP contribution in [0.3, 0.4) is 0 Å². The molecule has 0 saturated heterocycles. The third-order valence-corrected chi connectivity index (χ3v) is 3.91. The highest BCUT2D eigenvalue weighted by Crippen LogP contribution is 2.22. The quantitative estimate of drug-likeness (QED) is 0.779. The maximum absolute atomic E-state index is 12.2. The van der Waals surface area contributed by atoms with Gasteiger partial charge in [0.05, 0.1) is 0 Å². The monoisotopic (exact) mass is 325 g/mol. The first-order chi connectivity index (χ1) is 8.85. The Balaban J connectivity index is 2.62. The Morgan fingerprint density at radius 1 is 1.32 bits per heavy atom. The van der Waals surface area contributed by atoms with Crippen LogP contribution in [0.15, 0.2) is 18.2 Å². The topological polar surface area (TPSA) is 29.1 Å². The van der Waals surface area contributed by atoms with Crippen molar-refractivity contribution in [2.45, 2.75) is 40.5 Å². The van der Waals surface area contributed by atoms with E-state index in [0.29, 0.717) is 6.54 Å². The van der Waals surface area contributed by atoms with E-state index in [1.165, 1.54) is 0 Å². The number of nitrogens with one attached hydrogen (secondary N) is 1. The van der Waals surface area contributed by atoms with Crippen molar-refractivity contribution in [1.29, 1.82) is 0 Å². The van der Waals surface area contributed by atoms with Crippen LogP contribution in [0.25, 0.3) is 0 Å². The van der Waals surface area contributed by atoms with Crippen LogP contribution in [0.5, 0.6) is 0 Å². The molecule has 1 N–H and O–H groups in total. The zero-order valence-electron chi connectivity index (χ0n) is 12.3. The summed E-state index contributed by atoms with van der Waals surface area (Å²) in [5, 5.41) is 4.08. The second-order valence-corrected chi connectivity index (χ2v) is 6.75. The molecule has 0 aliphatic carbocycles. The number of benzene rings is 1. The van der Waals surface area contributed by atoms with Crippen molar-refractivity contribution >= 4 is 21.8 Å². The SMILES string of the molecule is Cc1ccc(C)c(C(=O)NCC(C)(C)CCCBr)c1. The minimum Gasteiger partial charge on any atom is -0.351 e. The molecule has 0 bridgehead atoms. The van der Waals surface area contributed by atoms with E-state index in [1.807, 2.05) is 32.0 Å². The van der Waals surface area contributed by atoms with E-state index >= 15 is 0 Å². The van der Waals surface area contributed by atoms with Gasteiger partial charge in [-0.15, -0.1) is 0 Å². The smallest absolute Gasteiger partial charge is 0.251 e. The molecule has 1 amide bonds. The van der Waals surface area contributed by atoms with Crippen molar-refractivity contribution < 1.29 is 4.79 Å². The summed E-state index contributed by atoms with van der Waals surface area (Å²) in [7, 11) is 0. The van der Waals surface area contributed by atoms with Gasteiger partial charge < -0.3 is 5.32 Å². The summed E-state index contributed by atoms with van der Waals surface area (Å²) in [5.74, 6) is 0.0353. The Bertz CT molecular complexity index is 440. The zero-order valence-corrected chi connectivity index (χ0v) is 13.9. The number of hydrogen-bond acceptors (Lipinski definition) is 1. The van der Waals surface area contributed by atoms with Crippen LogP contribution < -0.4 is 5.32 Å². The molecule has 0 saturated carbocycles. The lowest BCUT2D eigenvalue weighted by Gasteiger charge is -2.24. The molecule has 0 aliphatic rings. The fraction of sp³-hybridized carbons (Fsp3) is 0.562. The van der Waals surface area contributed by atoms with Crippen LogP contribution in [-0.4, -0.2) is 17.8 Å². The van der Waals surface area contributed by atoms with Gasteiger partial charge in [-0.05, 0) is 43.7 Å². The fourth-order valence-corrected chi connectivity index (χ4v) is 2.31. The van der Waals surface area contributed by atoms with Crippen LogP contribution in [0.2, 0.25) is 0 Å². The Hall–Kier alpha value is -0.830. The Morgan fingerprint density at radius 3 is 2.63 bits per heavy atom. The Kier molecular flexibility index (Phi) is 6.05. The van der Waals surface area contributed by atoms with Gasteiger partial charge in [0.25, 0.3) is 5.91 Å². The van der Waals surface area contributed by atoms with Crippen molar-refractivity contribution in [2.24, 2.45) is 5.41 Å². The average Bonchev–Trinajstić information content (AvgIpc) is 2.36. The van der Waals surface area contributed by atoms with Gasteiger partial charge in [0.2, 0.25) is 0 Å². The molecule has 19 heavy (non-hydrogen) atoms. The molecule has 1 rings (SSSR count). The fourth-order valence-electron chi connectivity index (χ4n) is 2.03. The van der Waals surface area contributed by atoms with Gasteiger partial charge in [0.15, 0.2) is 0 Å². The minimum atomic E-state index is 0.0353. The van der Waals surface area contributed by atoms with E-state index in [2.05, 4.69) is 35.1 Å². The lowest BCUT2D eigenvalue weighted by atomic mass is 9.88. The Morgan fingerprint density at radius 2 is 2.00 bits per heavy atom. The van der Waals surface area contributed by atoms with Crippen molar-refractivity contribution in [3.63, 3.8) is 0 Å². The van der Waals surface area contributed by atoms with Gasteiger partial charge in [-0.1, -0.05) is 47.5 Å². The first-order valence-electron chi connectivity index (χ1n) is 6.77. The van der Waals surface area contributed by atoms with Crippen LogP contribution >= 0.6 is 15.9 Å².